The topological polar surface area (TPSA) is 62.6 Å². The van der Waals surface area contributed by atoms with E-state index in [2.05, 4.69) is 21.8 Å². The lowest BCUT2D eigenvalue weighted by Gasteiger charge is -2.28. The zero-order valence-corrected chi connectivity index (χ0v) is 19.2. The molecule has 30 heavy (non-hydrogen) atoms. The first kappa shape index (κ1) is 22.1. The molecule has 0 aromatic carbocycles. The van der Waals surface area contributed by atoms with Gasteiger partial charge in [0.15, 0.2) is 5.69 Å². The van der Waals surface area contributed by atoms with Gasteiger partial charge in [0.2, 0.25) is 0 Å². The number of aromatic nitrogens is 2. The number of rotatable bonds is 8. The van der Waals surface area contributed by atoms with E-state index in [1.807, 2.05) is 16.7 Å². The van der Waals surface area contributed by atoms with Crippen LogP contribution in [0, 0.1) is 0 Å². The van der Waals surface area contributed by atoms with Crippen LogP contribution in [0.3, 0.4) is 0 Å². The van der Waals surface area contributed by atoms with Gasteiger partial charge in [-0.25, -0.2) is 0 Å². The Bertz CT molecular complexity index is 698. The lowest BCUT2D eigenvalue weighted by Crippen LogP contribution is -2.40. The predicted octanol–water partition coefficient (Wildman–Crippen LogP) is 1.65. The van der Waals surface area contributed by atoms with Crippen LogP contribution in [0.1, 0.15) is 47.9 Å². The molecule has 0 saturated carbocycles. The molecule has 2 aliphatic heterocycles. The van der Waals surface area contributed by atoms with Crippen LogP contribution in [-0.2, 0) is 24.1 Å². The summed E-state index contributed by atoms with van der Waals surface area (Å²) in [5, 5.41) is 8.59. The number of amides is 1. The van der Waals surface area contributed by atoms with E-state index in [0.717, 1.165) is 108 Å². The average molecular weight is 436 g/mol. The second-order valence-electron chi connectivity index (χ2n) is 8.60. The summed E-state index contributed by atoms with van der Waals surface area (Å²) >= 11 is 1.94. The number of hydrogen-bond donors (Lipinski definition) is 1. The van der Waals surface area contributed by atoms with Crippen molar-refractivity contribution in [2.24, 2.45) is 0 Å². The second-order valence-corrected chi connectivity index (χ2v) is 9.83. The van der Waals surface area contributed by atoms with E-state index < -0.39 is 0 Å². The highest BCUT2D eigenvalue weighted by Crippen LogP contribution is 2.27. The summed E-state index contributed by atoms with van der Waals surface area (Å²) in [6, 6.07) is 0.449. The summed E-state index contributed by atoms with van der Waals surface area (Å²) in [5.41, 5.74) is 3.24. The number of thioether (sulfide) groups is 1. The Kier molecular flexibility index (Phi) is 8.09. The van der Waals surface area contributed by atoms with Crippen LogP contribution in [0.4, 0.5) is 0 Å². The lowest BCUT2D eigenvalue weighted by atomic mass is 9.91. The molecule has 4 rings (SSSR count). The van der Waals surface area contributed by atoms with Gasteiger partial charge in [-0.2, -0.15) is 16.9 Å². The zero-order chi connectivity index (χ0) is 20.8. The minimum absolute atomic E-state index is 0.148. The standard InChI is InChI=1S/C22H37N5O2S/c1-2-7-27-20-5-4-18(23-6-3-8-25-9-13-29-14-10-25)17-19(20)21(24-27)22(28)26-11-15-30-16-12-26/h18,23H,2-17H2,1H3/t18-/m1/s1. The molecule has 0 spiro atoms. The van der Waals surface area contributed by atoms with E-state index in [0.29, 0.717) is 6.04 Å². The highest BCUT2D eigenvalue weighted by molar-refractivity contribution is 7.99. The Morgan fingerprint density at radius 2 is 2.00 bits per heavy atom. The molecule has 0 radical (unpaired) electrons. The van der Waals surface area contributed by atoms with Gasteiger partial charge in [0.05, 0.1) is 13.2 Å². The third kappa shape index (κ3) is 5.39. The van der Waals surface area contributed by atoms with Crippen LogP contribution in [0.2, 0.25) is 0 Å². The lowest BCUT2D eigenvalue weighted by molar-refractivity contribution is 0.0373. The van der Waals surface area contributed by atoms with Crippen molar-refractivity contribution in [1.82, 2.24) is 24.9 Å². The van der Waals surface area contributed by atoms with Gasteiger partial charge in [-0.1, -0.05) is 6.92 Å². The number of aryl methyl sites for hydroxylation is 1. The van der Waals surface area contributed by atoms with E-state index in [-0.39, 0.29) is 5.91 Å². The van der Waals surface area contributed by atoms with Crippen molar-refractivity contribution in [2.45, 2.75) is 51.6 Å². The maximum absolute atomic E-state index is 13.2. The Morgan fingerprint density at radius 1 is 1.20 bits per heavy atom. The summed E-state index contributed by atoms with van der Waals surface area (Å²) in [6.07, 6.45) is 5.29. The summed E-state index contributed by atoms with van der Waals surface area (Å²) in [7, 11) is 0. The Balaban J connectivity index is 1.36. The van der Waals surface area contributed by atoms with Crippen LogP contribution < -0.4 is 5.32 Å². The van der Waals surface area contributed by atoms with Gasteiger partial charge < -0.3 is 15.0 Å². The number of nitrogens with one attached hydrogen (secondary N) is 1. The highest BCUT2D eigenvalue weighted by atomic mass is 32.2. The molecule has 0 bridgehead atoms. The fraction of sp³-hybridized carbons (Fsp3) is 0.818. The van der Waals surface area contributed by atoms with Crippen LogP contribution >= 0.6 is 11.8 Å². The monoisotopic (exact) mass is 435 g/mol. The SMILES string of the molecule is CCCn1nc(C(=O)N2CCSCC2)c2c1CC[C@@H](NCCCN1CCOCC1)C2. The summed E-state index contributed by atoms with van der Waals surface area (Å²) in [6.45, 7) is 10.8. The molecule has 8 heteroatoms. The second kappa shape index (κ2) is 11.0. The molecular formula is C22H37N5O2S. The third-order valence-electron chi connectivity index (χ3n) is 6.47. The highest BCUT2D eigenvalue weighted by Gasteiger charge is 2.31. The van der Waals surface area contributed by atoms with Gasteiger partial charge in [0, 0.05) is 61.5 Å². The number of carbonyl (C=O) groups excluding carboxylic acids is 1. The smallest absolute Gasteiger partial charge is 0.274 e. The average Bonchev–Trinajstić information content (AvgIpc) is 3.15. The molecule has 2 saturated heterocycles. The fourth-order valence-corrected chi connectivity index (χ4v) is 5.68. The summed E-state index contributed by atoms with van der Waals surface area (Å²) in [5.74, 6) is 2.22. The fourth-order valence-electron chi connectivity index (χ4n) is 4.78. The molecule has 1 aromatic rings. The van der Waals surface area contributed by atoms with Gasteiger partial charge in [-0.3, -0.25) is 14.4 Å². The molecule has 1 aliphatic carbocycles. The minimum Gasteiger partial charge on any atom is -0.379 e. The molecule has 1 amide bonds. The molecule has 2 fully saturated rings. The Labute approximate surface area is 184 Å². The van der Waals surface area contributed by atoms with E-state index in [1.54, 1.807) is 0 Å². The normalized spacial score (nSPS) is 22.8. The summed E-state index contributed by atoms with van der Waals surface area (Å²) < 4.78 is 7.55. The van der Waals surface area contributed by atoms with E-state index in [9.17, 15) is 4.79 Å². The molecular weight excluding hydrogens is 398 g/mol. The van der Waals surface area contributed by atoms with Crippen molar-refractivity contribution in [3.63, 3.8) is 0 Å². The van der Waals surface area contributed by atoms with Crippen LogP contribution in [0.25, 0.3) is 0 Å². The van der Waals surface area contributed by atoms with Crippen LogP contribution in [0.15, 0.2) is 0 Å². The van der Waals surface area contributed by atoms with Crippen molar-refractivity contribution in [1.29, 1.82) is 0 Å². The first-order valence-corrected chi connectivity index (χ1v) is 12.9. The summed E-state index contributed by atoms with van der Waals surface area (Å²) in [4.78, 5) is 17.7. The third-order valence-corrected chi connectivity index (χ3v) is 7.41. The van der Waals surface area contributed by atoms with Crippen LogP contribution in [0.5, 0.6) is 0 Å². The molecule has 3 aliphatic rings. The van der Waals surface area contributed by atoms with Crippen molar-refractivity contribution in [2.75, 3.05) is 64.0 Å². The van der Waals surface area contributed by atoms with Gasteiger partial charge in [0.25, 0.3) is 5.91 Å². The van der Waals surface area contributed by atoms with E-state index >= 15 is 0 Å². The Morgan fingerprint density at radius 3 is 2.77 bits per heavy atom. The first-order valence-electron chi connectivity index (χ1n) is 11.7. The predicted molar refractivity (Wildman–Crippen MR) is 121 cm³/mol. The van der Waals surface area contributed by atoms with Gasteiger partial charge in [-0.05, 0) is 45.2 Å². The number of hydrogen-bond acceptors (Lipinski definition) is 6. The van der Waals surface area contributed by atoms with Gasteiger partial charge >= 0.3 is 0 Å². The number of carbonyl (C=O) groups is 1. The van der Waals surface area contributed by atoms with Gasteiger partial charge in [-0.15, -0.1) is 0 Å². The van der Waals surface area contributed by atoms with Crippen molar-refractivity contribution >= 4 is 17.7 Å². The first-order chi connectivity index (χ1) is 14.8. The quantitative estimate of drug-likeness (QED) is 0.627. The largest absolute Gasteiger partial charge is 0.379 e. The number of nitrogens with zero attached hydrogens (tertiary/aromatic N) is 4. The molecule has 168 valence electrons. The maximum Gasteiger partial charge on any atom is 0.274 e. The van der Waals surface area contributed by atoms with Gasteiger partial charge in [0.1, 0.15) is 0 Å². The molecule has 0 unspecified atom stereocenters. The van der Waals surface area contributed by atoms with Crippen molar-refractivity contribution < 1.29 is 9.53 Å². The number of ether oxygens (including phenoxy) is 1. The zero-order valence-electron chi connectivity index (χ0n) is 18.4. The molecule has 3 heterocycles. The number of fused-ring (bicyclic) bond motifs is 1. The Hall–Kier alpha value is -1.09. The molecule has 1 atom stereocenters. The van der Waals surface area contributed by atoms with E-state index in [1.165, 1.54) is 11.3 Å². The molecule has 1 N–H and O–H groups in total. The van der Waals surface area contributed by atoms with Crippen molar-refractivity contribution in [3.05, 3.63) is 17.0 Å². The van der Waals surface area contributed by atoms with E-state index in [4.69, 9.17) is 9.84 Å². The minimum atomic E-state index is 0.148. The van der Waals surface area contributed by atoms with Crippen LogP contribution in [-0.4, -0.2) is 95.5 Å². The molecule has 7 nitrogen and oxygen atoms in total. The van der Waals surface area contributed by atoms with Crippen molar-refractivity contribution in [3.8, 4) is 0 Å². The number of morpholine rings is 1. The maximum atomic E-state index is 13.2. The molecule has 1 aromatic heterocycles.